The topological polar surface area (TPSA) is 33.0 Å². The summed E-state index contributed by atoms with van der Waals surface area (Å²) < 4.78 is 2.01. The average molecular weight is 241 g/mol. The van der Waals surface area contributed by atoms with Crippen LogP contribution < -0.4 is 9.88 Å². The van der Waals surface area contributed by atoms with Crippen LogP contribution in [0.15, 0.2) is 54.9 Å². The zero-order chi connectivity index (χ0) is 12.8. The summed E-state index contributed by atoms with van der Waals surface area (Å²) in [5.41, 5.74) is 1.91. The molecule has 1 heterocycles. The number of rotatable bonds is 4. The zero-order valence-corrected chi connectivity index (χ0v) is 10.5. The van der Waals surface area contributed by atoms with Crippen molar-refractivity contribution in [3.05, 3.63) is 66.0 Å². The van der Waals surface area contributed by atoms with E-state index < -0.39 is 0 Å². The Morgan fingerprint density at radius 2 is 1.94 bits per heavy atom. The van der Waals surface area contributed by atoms with Crippen LogP contribution in [0.4, 0.5) is 0 Å². The molecule has 1 N–H and O–H groups in total. The van der Waals surface area contributed by atoms with Crippen LogP contribution in [-0.4, -0.2) is 12.5 Å². The van der Waals surface area contributed by atoms with Gasteiger partial charge in [0.25, 0.3) is 5.91 Å². The van der Waals surface area contributed by atoms with Gasteiger partial charge >= 0.3 is 0 Å². The van der Waals surface area contributed by atoms with Crippen molar-refractivity contribution in [2.45, 2.75) is 13.5 Å². The molecule has 0 fully saturated rings. The highest BCUT2D eigenvalue weighted by atomic mass is 16.1. The lowest BCUT2D eigenvalue weighted by atomic mass is 10.2. The van der Waals surface area contributed by atoms with Crippen LogP contribution in [0.25, 0.3) is 0 Å². The van der Waals surface area contributed by atoms with Gasteiger partial charge in [0, 0.05) is 18.2 Å². The van der Waals surface area contributed by atoms with Gasteiger partial charge in [0.1, 0.15) is 5.56 Å². The lowest BCUT2D eigenvalue weighted by molar-refractivity contribution is -0.688. The van der Waals surface area contributed by atoms with E-state index in [4.69, 9.17) is 0 Å². The van der Waals surface area contributed by atoms with E-state index in [1.54, 1.807) is 0 Å². The second kappa shape index (κ2) is 5.96. The first-order valence-corrected chi connectivity index (χ1v) is 6.11. The van der Waals surface area contributed by atoms with E-state index in [0.29, 0.717) is 12.1 Å². The number of carbonyl (C=O) groups excluding carboxylic acids is 1. The molecular formula is C15H17N2O+. The number of nitrogens with one attached hydrogen (secondary N) is 1. The molecule has 1 amide bonds. The molecule has 0 saturated carbocycles. The van der Waals surface area contributed by atoms with Crippen LogP contribution in [0.2, 0.25) is 0 Å². The van der Waals surface area contributed by atoms with Gasteiger partial charge in [-0.25, -0.2) is 0 Å². The summed E-state index contributed by atoms with van der Waals surface area (Å²) in [4.78, 5) is 11.7. The summed E-state index contributed by atoms with van der Waals surface area (Å²) >= 11 is 0. The van der Waals surface area contributed by atoms with Crippen molar-refractivity contribution in [1.29, 1.82) is 0 Å². The number of aromatic nitrogens is 1. The minimum absolute atomic E-state index is 0.0279. The molecule has 92 valence electrons. The Balaban J connectivity index is 2.15. The van der Waals surface area contributed by atoms with Gasteiger partial charge in [-0.2, -0.15) is 4.57 Å². The smallest absolute Gasteiger partial charge is 0.257 e. The highest BCUT2D eigenvalue weighted by Gasteiger charge is 2.09. The SMILES string of the molecule is CCNC(=O)c1ccc[n+](Cc2ccccc2)c1. The van der Waals surface area contributed by atoms with Gasteiger partial charge in [0.2, 0.25) is 0 Å². The van der Waals surface area contributed by atoms with Crippen LogP contribution in [0.5, 0.6) is 0 Å². The van der Waals surface area contributed by atoms with Crippen molar-refractivity contribution in [2.24, 2.45) is 0 Å². The maximum absolute atomic E-state index is 11.7. The van der Waals surface area contributed by atoms with Crippen LogP contribution >= 0.6 is 0 Å². The van der Waals surface area contributed by atoms with Gasteiger partial charge < -0.3 is 5.32 Å². The molecule has 0 aliphatic rings. The van der Waals surface area contributed by atoms with Crippen molar-refractivity contribution in [2.75, 3.05) is 6.54 Å². The molecule has 0 saturated heterocycles. The zero-order valence-electron chi connectivity index (χ0n) is 10.5. The highest BCUT2D eigenvalue weighted by Crippen LogP contribution is 1.99. The summed E-state index contributed by atoms with van der Waals surface area (Å²) in [5, 5.41) is 2.80. The molecule has 3 heteroatoms. The Labute approximate surface area is 107 Å². The molecule has 2 aromatic rings. The van der Waals surface area contributed by atoms with E-state index in [-0.39, 0.29) is 5.91 Å². The Hall–Kier alpha value is -2.16. The van der Waals surface area contributed by atoms with Crippen LogP contribution in [0.3, 0.4) is 0 Å². The van der Waals surface area contributed by atoms with Crippen molar-refractivity contribution in [3.8, 4) is 0 Å². The summed E-state index contributed by atoms with van der Waals surface area (Å²) in [7, 11) is 0. The van der Waals surface area contributed by atoms with E-state index in [9.17, 15) is 4.79 Å². The standard InChI is InChI=1S/C15H16N2O/c1-2-16-15(18)14-9-6-10-17(12-14)11-13-7-4-3-5-8-13/h3-10,12H,2,11H2,1H3/p+1. The van der Waals surface area contributed by atoms with Crippen molar-refractivity contribution < 1.29 is 9.36 Å². The summed E-state index contributed by atoms with van der Waals surface area (Å²) in [6.45, 7) is 3.33. The fraction of sp³-hybridized carbons (Fsp3) is 0.200. The Morgan fingerprint density at radius 1 is 1.17 bits per heavy atom. The second-order valence-corrected chi connectivity index (χ2v) is 4.11. The van der Waals surface area contributed by atoms with Crippen LogP contribution in [0.1, 0.15) is 22.8 Å². The first-order valence-electron chi connectivity index (χ1n) is 6.11. The normalized spacial score (nSPS) is 10.1. The maximum atomic E-state index is 11.7. The quantitative estimate of drug-likeness (QED) is 0.813. The molecule has 3 nitrogen and oxygen atoms in total. The molecule has 1 aromatic carbocycles. The Kier molecular flexibility index (Phi) is 4.07. The predicted octanol–water partition coefficient (Wildman–Crippen LogP) is 1.77. The van der Waals surface area contributed by atoms with Crippen LogP contribution in [-0.2, 0) is 6.54 Å². The third-order valence-electron chi connectivity index (χ3n) is 2.67. The van der Waals surface area contributed by atoms with Crippen molar-refractivity contribution in [1.82, 2.24) is 5.32 Å². The lowest BCUT2D eigenvalue weighted by Gasteiger charge is -2.02. The van der Waals surface area contributed by atoms with Gasteiger partial charge in [-0.3, -0.25) is 4.79 Å². The lowest BCUT2D eigenvalue weighted by Crippen LogP contribution is -2.35. The number of pyridine rings is 1. The van der Waals surface area contributed by atoms with Crippen molar-refractivity contribution in [3.63, 3.8) is 0 Å². The number of carbonyl (C=O) groups is 1. The van der Waals surface area contributed by atoms with Gasteiger partial charge in [-0.1, -0.05) is 30.3 Å². The Morgan fingerprint density at radius 3 is 2.67 bits per heavy atom. The number of hydrogen-bond donors (Lipinski definition) is 1. The molecule has 18 heavy (non-hydrogen) atoms. The van der Waals surface area contributed by atoms with E-state index in [2.05, 4.69) is 17.4 Å². The Bertz CT molecular complexity index is 523. The van der Waals surface area contributed by atoms with E-state index in [1.807, 2.05) is 54.2 Å². The van der Waals surface area contributed by atoms with E-state index in [1.165, 1.54) is 5.56 Å². The number of amides is 1. The first kappa shape index (κ1) is 12.3. The second-order valence-electron chi connectivity index (χ2n) is 4.11. The number of nitrogens with zero attached hydrogens (tertiary/aromatic N) is 1. The third kappa shape index (κ3) is 3.17. The molecule has 1 aromatic heterocycles. The van der Waals surface area contributed by atoms with E-state index in [0.717, 1.165) is 6.54 Å². The van der Waals surface area contributed by atoms with E-state index >= 15 is 0 Å². The predicted molar refractivity (Wildman–Crippen MR) is 70.2 cm³/mol. The molecule has 0 unspecified atom stereocenters. The highest BCUT2D eigenvalue weighted by molar-refractivity contribution is 5.93. The minimum Gasteiger partial charge on any atom is -0.352 e. The fourth-order valence-corrected chi connectivity index (χ4v) is 1.81. The van der Waals surface area contributed by atoms with Gasteiger partial charge in [0.15, 0.2) is 18.9 Å². The number of benzene rings is 1. The summed E-state index contributed by atoms with van der Waals surface area (Å²) in [6.07, 6.45) is 3.84. The first-order chi connectivity index (χ1) is 8.79. The number of hydrogen-bond acceptors (Lipinski definition) is 1. The monoisotopic (exact) mass is 241 g/mol. The third-order valence-corrected chi connectivity index (χ3v) is 2.67. The molecule has 2 rings (SSSR count). The molecule has 0 aliphatic carbocycles. The van der Waals surface area contributed by atoms with Gasteiger partial charge in [-0.15, -0.1) is 0 Å². The molecule has 0 aliphatic heterocycles. The molecular weight excluding hydrogens is 224 g/mol. The largest absolute Gasteiger partial charge is 0.352 e. The van der Waals surface area contributed by atoms with Gasteiger partial charge in [0.05, 0.1) is 0 Å². The van der Waals surface area contributed by atoms with Gasteiger partial charge in [-0.05, 0) is 13.0 Å². The summed E-state index contributed by atoms with van der Waals surface area (Å²) in [6, 6.07) is 13.9. The minimum atomic E-state index is -0.0279. The molecule has 0 radical (unpaired) electrons. The van der Waals surface area contributed by atoms with Crippen molar-refractivity contribution >= 4 is 5.91 Å². The average Bonchev–Trinajstić information content (AvgIpc) is 2.40. The summed E-state index contributed by atoms with van der Waals surface area (Å²) in [5.74, 6) is -0.0279. The van der Waals surface area contributed by atoms with Crippen LogP contribution in [0, 0.1) is 0 Å². The fourth-order valence-electron chi connectivity index (χ4n) is 1.81. The molecule has 0 bridgehead atoms. The maximum Gasteiger partial charge on any atom is 0.257 e. The molecule has 0 spiro atoms. The molecule has 0 atom stereocenters.